The summed E-state index contributed by atoms with van der Waals surface area (Å²) in [5.74, 6) is -0.879. The van der Waals surface area contributed by atoms with E-state index >= 15 is 0 Å². The Morgan fingerprint density at radius 2 is 1.58 bits per heavy atom. The standard InChI is InChI=1S/C21H21NO4/c1-14-10-12-17(13-11-14)19(15(2)16(3)23)22(21(25)26-4)20(24)18-8-6-5-7-9-18/h5-13,19H,2H2,1,3-4H3. The molecule has 0 aliphatic rings. The molecule has 0 aliphatic heterocycles. The van der Waals surface area contributed by atoms with E-state index in [1.165, 1.54) is 14.0 Å². The number of amides is 2. The Labute approximate surface area is 152 Å². The lowest BCUT2D eigenvalue weighted by atomic mass is 9.94. The van der Waals surface area contributed by atoms with Crippen LogP contribution in [0.4, 0.5) is 4.79 Å². The zero-order valence-corrected chi connectivity index (χ0v) is 15.1. The molecule has 2 rings (SSSR count). The van der Waals surface area contributed by atoms with E-state index in [9.17, 15) is 14.4 Å². The Bertz CT molecular complexity index is 825. The van der Waals surface area contributed by atoms with Crippen LogP contribution in [0.2, 0.25) is 0 Å². The maximum atomic E-state index is 13.0. The van der Waals surface area contributed by atoms with E-state index < -0.39 is 18.0 Å². The minimum Gasteiger partial charge on any atom is -0.452 e. The summed E-state index contributed by atoms with van der Waals surface area (Å²) in [7, 11) is 1.19. The molecular formula is C21H21NO4. The van der Waals surface area contributed by atoms with Crippen LogP contribution in [0.15, 0.2) is 66.7 Å². The Kier molecular flexibility index (Phi) is 6.07. The molecule has 26 heavy (non-hydrogen) atoms. The highest BCUT2D eigenvalue weighted by Crippen LogP contribution is 2.30. The lowest BCUT2D eigenvalue weighted by Gasteiger charge is -2.30. The van der Waals surface area contributed by atoms with Crippen LogP contribution in [0.3, 0.4) is 0 Å². The van der Waals surface area contributed by atoms with E-state index in [0.717, 1.165) is 10.5 Å². The molecule has 134 valence electrons. The van der Waals surface area contributed by atoms with E-state index in [1.54, 1.807) is 42.5 Å². The summed E-state index contributed by atoms with van der Waals surface area (Å²) in [6, 6.07) is 14.6. The molecule has 0 saturated heterocycles. The van der Waals surface area contributed by atoms with Gasteiger partial charge in [-0.3, -0.25) is 9.59 Å². The van der Waals surface area contributed by atoms with Crippen molar-refractivity contribution >= 4 is 17.8 Å². The summed E-state index contributed by atoms with van der Waals surface area (Å²) in [6.07, 6.45) is -0.855. The number of aryl methyl sites for hydroxylation is 1. The normalized spacial score (nSPS) is 11.3. The van der Waals surface area contributed by atoms with Crippen LogP contribution >= 0.6 is 0 Å². The molecule has 0 aromatic heterocycles. The SMILES string of the molecule is C=C(C(C)=O)C(c1ccc(C)cc1)N(C(=O)OC)C(=O)c1ccccc1. The smallest absolute Gasteiger partial charge is 0.417 e. The third-order valence-corrected chi connectivity index (χ3v) is 4.04. The number of rotatable bonds is 5. The van der Waals surface area contributed by atoms with Gasteiger partial charge in [0.1, 0.15) is 0 Å². The maximum absolute atomic E-state index is 13.0. The number of Topliss-reactive ketones (excluding diaryl/α,β-unsaturated/α-hetero) is 1. The first-order valence-electron chi connectivity index (χ1n) is 8.09. The predicted molar refractivity (Wildman–Crippen MR) is 98.8 cm³/mol. The molecule has 0 saturated carbocycles. The molecule has 0 aliphatic carbocycles. The number of carbonyl (C=O) groups excluding carboxylic acids is 3. The van der Waals surface area contributed by atoms with Crippen LogP contribution in [0.1, 0.15) is 34.5 Å². The quantitative estimate of drug-likeness (QED) is 0.761. The molecule has 0 bridgehead atoms. The Morgan fingerprint density at radius 1 is 1.00 bits per heavy atom. The van der Waals surface area contributed by atoms with Gasteiger partial charge < -0.3 is 4.74 Å². The molecule has 2 amide bonds. The first-order valence-corrected chi connectivity index (χ1v) is 8.09. The summed E-state index contributed by atoms with van der Waals surface area (Å²) < 4.78 is 4.82. The molecule has 0 N–H and O–H groups in total. The van der Waals surface area contributed by atoms with E-state index in [4.69, 9.17) is 4.74 Å². The summed E-state index contributed by atoms with van der Waals surface area (Å²) >= 11 is 0. The number of methoxy groups -OCH3 is 1. The zero-order chi connectivity index (χ0) is 19.3. The van der Waals surface area contributed by atoms with E-state index in [2.05, 4.69) is 6.58 Å². The monoisotopic (exact) mass is 351 g/mol. The number of ether oxygens (including phenoxy) is 1. The number of hydrogen-bond acceptors (Lipinski definition) is 4. The third kappa shape index (κ3) is 4.06. The lowest BCUT2D eigenvalue weighted by molar-refractivity contribution is -0.114. The van der Waals surface area contributed by atoms with Crippen molar-refractivity contribution in [2.24, 2.45) is 0 Å². The maximum Gasteiger partial charge on any atom is 0.417 e. The van der Waals surface area contributed by atoms with E-state index in [1.807, 2.05) is 19.1 Å². The lowest BCUT2D eigenvalue weighted by Crippen LogP contribution is -2.41. The molecule has 1 atom stereocenters. The highest BCUT2D eigenvalue weighted by Gasteiger charge is 2.35. The van der Waals surface area contributed by atoms with E-state index in [0.29, 0.717) is 11.1 Å². The van der Waals surface area contributed by atoms with Gasteiger partial charge in [0.15, 0.2) is 5.78 Å². The molecule has 5 nitrogen and oxygen atoms in total. The van der Waals surface area contributed by atoms with Gasteiger partial charge in [0.2, 0.25) is 0 Å². The largest absolute Gasteiger partial charge is 0.452 e. The van der Waals surface area contributed by atoms with Gasteiger partial charge in [-0.05, 0) is 31.5 Å². The number of benzene rings is 2. The van der Waals surface area contributed by atoms with Gasteiger partial charge in [0.25, 0.3) is 5.91 Å². The minimum absolute atomic E-state index is 0.128. The molecule has 0 fully saturated rings. The molecule has 0 spiro atoms. The highest BCUT2D eigenvalue weighted by atomic mass is 16.5. The summed E-state index contributed by atoms with van der Waals surface area (Å²) in [6.45, 7) is 7.09. The van der Waals surface area contributed by atoms with Gasteiger partial charge in [-0.2, -0.15) is 0 Å². The fraction of sp³-hybridized carbons (Fsp3) is 0.190. The number of nitrogens with zero attached hydrogens (tertiary/aromatic N) is 1. The first kappa shape index (κ1) is 19.1. The summed E-state index contributed by atoms with van der Waals surface area (Å²) in [5.41, 5.74) is 2.06. The van der Waals surface area contributed by atoms with Crippen LogP contribution in [0.5, 0.6) is 0 Å². The Balaban J connectivity index is 2.60. The van der Waals surface area contributed by atoms with Crippen LogP contribution in [-0.2, 0) is 9.53 Å². The minimum atomic E-state index is -0.951. The molecule has 0 heterocycles. The molecular weight excluding hydrogens is 330 g/mol. The average molecular weight is 351 g/mol. The molecule has 1 unspecified atom stereocenters. The Morgan fingerprint density at radius 3 is 2.08 bits per heavy atom. The van der Waals surface area contributed by atoms with Crippen LogP contribution < -0.4 is 0 Å². The van der Waals surface area contributed by atoms with Crippen molar-refractivity contribution in [1.29, 1.82) is 0 Å². The summed E-state index contributed by atoms with van der Waals surface area (Å²) in [4.78, 5) is 38.4. The number of imide groups is 1. The summed E-state index contributed by atoms with van der Waals surface area (Å²) in [5, 5.41) is 0. The predicted octanol–water partition coefficient (Wildman–Crippen LogP) is 4.09. The number of hydrogen-bond donors (Lipinski definition) is 0. The molecule has 2 aromatic carbocycles. The van der Waals surface area contributed by atoms with Gasteiger partial charge in [-0.25, -0.2) is 9.69 Å². The van der Waals surface area contributed by atoms with Gasteiger partial charge in [-0.15, -0.1) is 0 Å². The topological polar surface area (TPSA) is 63.7 Å². The molecule has 0 radical (unpaired) electrons. The zero-order valence-electron chi connectivity index (χ0n) is 15.1. The number of carbonyl (C=O) groups is 3. The fourth-order valence-corrected chi connectivity index (χ4v) is 2.57. The fourth-order valence-electron chi connectivity index (χ4n) is 2.57. The van der Waals surface area contributed by atoms with Gasteiger partial charge in [0, 0.05) is 11.1 Å². The molecule has 2 aromatic rings. The van der Waals surface area contributed by atoms with Crippen molar-refractivity contribution in [3.05, 3.63) is 83.4 Å². The van der Waals surface area contributed by atoms with Crippen molar-refractivity contribution in [3.63, 3.8) is 0 Å². The second-order valence-corrected chi connectivity index (χ2v) is 5.91. The van der Waals surface area contributed by atoms with E-state index in [-0.39, 0.29) is 11.4 Å². The van der Waals surface area contributed by atoms with Crippen LogP contribution in [0, 0.1) is 6.92 Å². The third-order valence-electron chi connectivity index (χ3n) is 4.04. The number of ketones is 1. The van der Waals surface area contributed by atoms with Crippen molar-refractivity contribution in [2.75, 3.05) is 7.11 Å². The van der Waals surface area contributed by atoms with Crippen molar-refractivity contribution in [3.8, 4) is 0 Å². The van der Waals surface area contributed by atoms with Gasteiger partial charge >= 0.3 is 6.09 Å². The van der Waals surface area contributed by atoms with Crippen molar-refractivity contribution in [1.82, 2.24) is 4.90 Å². The van der Waals surface area contributed by atoms with Gasteiger partial charge in [0.05, 0.1) is 13.2 Å². The molecule has 5 heteroatoms. The second-order valence-electron chi connectivity index (χ2n) is 5.91. The van der Waals surface area contributed by atoms with Crippen LogP contribution in [-0.4, -0.2) is 29.8 Å². The van der Waals surface area contributed by atoms with Gasteiger partial charge in [-0.1, -0.05) is 54.6 Å². The Hall–Kier alpha value is -3.21. The van der Waals surface area contributed by atoms with Crippen molar-refractivity contribution in [2.45, 2.75) is 19.9 Å². The van der Waals surface area contributed by atoms with Crippen molar-refractivity contribution < 1.29 is 19.1 Å². The average Bonchev–Trinajstić information content (AvgIpc) is 2.66. The highest BCUT2D eigenvalue weighted by molar-refractivity contribution is 6.05. The van der Waals surface area contributed by atoms with Crippen LogP contribution in [0.25, 0.3) is 0 Å². The second kappa shape index (κ2) is 8.25. The first-order chi connectivity index (χ1) is 12.4.